The molecule has 0 aromatic heterocycles. The summed E-state index contributed by atoms with van der Waals surface area (Å²) in [7, 11) is 3.00. The SMILES string of the molecule is COc1cc(CN(CC(=O)O)C(=O)CNC(=O)C(C)(C)C)cc(OC)c1. The summed E-state index contributed by atoms with van der Waals surface area (Å²) in [5.74, 6) is -0.863. The summed E-state index contributed by atoms with van der Waals surface area (Å²) >= 11 is 0. The molecule has 0 heterocycles. The second-order valence-corrected chi connectivity index (χ2v) is 6.80. The third kappa shape index (κ3) is 6.62. The molecule has 0 saturated carbocycles. The fourth-order valence-electron chi connectivity index (χ4n) is 2.11. The molecule has 144 valence electrons. The molecule has 26 heavy (non-hydrogen) atoms. The van der Waals surface area contributed by atoms with Crippen LogP contribution < -0.4 is 14.8 Å². The van der Waals surface area contributed by atoms with Crippen molar-refractivity contribution >= 4 is 17.8 Å². The number of carboxylic acid groups (broad SMARTS) is 1. The third-order valence-corrected chi connectivity index (χ3v) is 3.54. The number of ether oxygens (including phenoxy) is 2. The maximum Gasteiger partial charge on any atom is 0.323 e. The number of methoxy groups -OCH3 is 2. The van der Waals surface area contributed by atoms with Crippen LogP contribution in [0.25, 0.3) is 0 Å². The van der Waals surface area contributed by atoms with E-state index >= 15 is 0 Å². The second kappa shape index (κ2) is 9.07. The van der Waals surface area contributed by atoms with Gasteiger partial charge in [0.15, 0.2) is 0 Å². The molecule has 8 heteroatoms. The number of aliphatic carboxylic acids is 1. The Morgan fingerprint density at radius 3 is 2.04 bits per heavy atom. The number of carbonyl (C=O) groups is 3. The molecule has 1 rings (SSSR count). The molecule has 0 aliphatic rings. The maximum atomic E-state index is 12.4. The first-order chi connectivity index (χ1) is 12.1. The van der Waals surface area contributed by atoms with Crippen molar-refractivity contribution < 1.29 is 29.0 Å². The van der Waals surface area contributed by atoms with Crippen molar-refractivity contribution in [2.24, 2.45) is 5.41 Å². The molecule has 0 aliphatic heterocycles. The highest BCUT2D eigenvalue weighted by atomic mass is 16.5. The summed E-state index contributed by atoms with van der Waals surface area (Å²) in [6, 6.07) is 5.06. The van der Waals surface area contributed by atoms with E-state index in [4.69, 9.17) is 14.6 Å². The Balaban J connectivity index is 2.91. The van der Waals surface area contributed by atoms with Crippen LogP contribution in [0.3, 0.4) is 0 Å². The number of hydrogen-bond donors (Lipinski definition) is 2. The first-order valence-corrected chi connectivity index (χ1v) is 8.06. The van der Waals surface area contributed by atoms with Crippen molar-refractivity contribution in [1.82, 2.24) is 10.2 Å². The van der Waals surface area contributed by atoms with Crippen LogP contribution in [-0.4, -0.2) is 55.1 Å². The lowest BCUT2D eigenvalue weighted by Crippen LogP contribution is -2.44. The predicted octanol–water partition coefficient (Wildman–Crippen LogP) is 1.28. The summed E-state index contributed by atoms with van der Waals surface area (Å²) in [5.41, 5.74) is 0.0101. The quantitative estimate of drug-likeness (QED) is 0.718. The first-order valence-electron chi connectivity index (χ1n) is 8.06. The molecule has 0 spiro atoms. The molecule has 2 N–H and O–H groups in total. The number of rotatable bonds is 8. The molecule has 0 aliphatic carbocycles. The van der Waals surface area contributed by atoms with E-state index < -0.39 is 23.8 Å². The number of nitrogens with zero attached hydrogens (tertiary/aromatic N) is 1. The lowest BCUT2D eigenvalue weighted by atomic mass is 9.96. The van der Waals surface area contributed by atoms with Crippen LogP contribution >= 0.6 is 0 Å². The van der Waals surface area contributed by atoms with E-state index in [1.807, 2.05) is 0 Å². The molecule has 0 fully saturated rings. The van der Waals surface area contributed by atoms with Crippen molar-refractivity contribution in [3.8, 4) is 11.5 Å². The number of benzene rings is 1. The van der Waals surface area contributed by atoms with Gasteiger partial charge in [0, 0.05) is 18.0 Å². The van der Waals surface area contributed by atoms with Crippen LogP contribution in [0, 0.1) is 5.41 Å². The van der Waals surface area contributed by atoms with Gasteiger partial charge in [0.2, 0.25) is 11.8 Å². The van der Waals surface area contributed by atoms with Gasteiger partial charge in [-0.15, -0.1) is 0 Å². The standard InChI is InChI=1S/C18H26N2O6/c1-18(2,3)17(24)19-9-15(21)20(11-16(22)23)10-12-6-13(25-4)8-14(7-12)26-5/h6-8H,9-11H2,1-5H3,(H,19,24)(H,22,23). The summed E-state index contributed by atoms with van der Waals surface area (Å²) in [6.07, 6.45) is 0. The lowest BCUT2D eigenvalue weighted by Gasteiger charge is -2.23. The van der Waals surface area contributed by atoms with E-state index in [0.717, 1.165) is 4.90 Å². The Bertz CT molecular complexity index is 644. The fraction of sp³-hybridized carbons (Fsp3) is 0.500. The summed E-state index contributed by atoms with van der Waals surface area (Å²) in [5, 5.41) is 11.6. The largest absolute Gasteiger partial charge is 0.497 e. The molecule has 8 nitrogen and oxygen atoms in total. The van der Waals surface area contributed by atoms with E-state index in [2.05, 4.69) is 5.32 Å². The Kier molecular flexibility index (Phi) is 7.42. The van der Waals surface area contributed by atoms with Crippen molar-refractivity contribution in [2.75, 3.05) is 27.3 Å². The van der Waals surface area contributed by atoms with E-state index in [0.29, 0.717) is 17.1 Å². The normalized spacial score (nSPS) is 10.8. The highest BCUT2D eigenvalue weighted by Crippen LogP contribution is 2.23. The molecule has 1 aromatic carbocycles. The van der Waals surface area contributed by atoms with Crippen molar-refractivity contribution in [2.45, 2.75) is 27.3 Å². The zero-order chi connectivity index (χ0) is 19.9. The smallest absolute Gasteiger partial charge is 0.323 e. The van der Waals surface area contributed by atoms with Gasteiger partial charge in [0.25, 0.3) is 0 Å². The van der Waals surface area contributed by atoms with Gasteiger partial charge in [-0.3, -0.25) is 14.4 Å². The van der Waals surface area contributed by atoms with Crippen LogP contribution in [0.1, 0.15) is 26.3 Å². The fourth-order valence-corrected chi connectivity index (χ4v) is 2.11. The minimum Gasteiger partial charge on any atom is -0.497 e. The molecule has 1 aromatic rings. The van der Waals surface area contributed by atoms with E-state index in [1.165, 1.54) is 14.2 Å². The molecule has 0 radical (unpaired) electrons. The van der Waals surface area contributed by atoms with Crippen molar-refractivity contribution in [3.05, 3.63) is 23.8 Å². The Hall–Kier alpha value is -2.77. The molecular weight excluding hydrogens is 340 g/mol. The zero-order valence-corrected chi connectivity index (χ0v) is 15.8. The van der Waals surface area contributed by atoms with Crippen molar-refractivity contribution in [1.29, 1.82) is 0 Å². The van der Waals surface area contributed by atoms with Gasteiger partial charge in [-0.1, -0.05) is 20.8 Å². The average Bonchev–Trinajstić information content (AvgIpc) is 2.56. The first kappa shape index (κ1) is 21.3. The van der Waals surface area contributed by atoms with Crippen molar-refractivity contribution in [3.63, 3.8) is 0 Å². The Morgan fingerprint density at radius 1 is 1.08 bits per heavy atom. The summed E-state index contributed by atoms with van der Waals surface area (Å²) < 4.78 is 10.4. The number of amides is 2. The van der Waals surface area contributed by atoms with Gasteiger partial charge in [-0.05, 0) is 17.7 Å². The van der Waals surface area contributed by atoms with Gasteiger partial charge in [0.1, 0.15) is 18.0 Å². The van der Waals surface area contributed by atoms with Gasteiger partial charge < -0.3 is 24.8 Å². The highest BCUT2D eigenvalue weighted by molar-refractivity contribution is 5.88. The summed E-state index contributed by atoms with van der Waals surface area (Å²) in [4.78, 5) is 36.6. The predicted molar refractivity (Wildman–Crippen MR) is 95.1 cm³/mol. The van der Waals surface area contributed by atoms with Gasteiger partial charge in [-0.25, -0.2) is 0 Å². The van der Waals surface area contributed by atoms with Gasteiger partial charge >= 0.3 is 5.97 Å². The monoisotopic (exact) mass is 366 g/mol. The van der Waals surface area contributed by atoms with Crippen LogP contribution in [0.2, 0.25) is 0 Å². The third-order valence-electron chi connectivity index (χ3n) is 3.54. The highest BCUT2D eigenvalue weighted by Gasteiger charge is 2.23. The van der Waals surface area contributed by atoms with Crippen LogP contribution in [0.5, 0.6) is 11.5 Å². The topological polar surface area (TPSA) is 105 Å². The number of nitrogens with one attached hydrogen (secondary N) is 1. The zero-order valence-electron chi connectivity index (χ0n) is 15.8. The second-order valence-electron chi connectivity index (χ2n) is 6.80. The maximum absolute atomic E-state index is 12.4. The average molecular weight is 366 g/mol. The molecule has 2 amide bonds. The summed E-state index contributed by atoms with van der Waals surface area (Å²) in [6.45, 7) is 4.47. The Labute approximate surface area is 153 Å². The number of carboxylic acids is 1. The molecule has 0 bridgehead atoms. The molecule has 0 saturated heterocycles. The van der Waals surface area contributed by atoms with Crippen LogP contribution in [0.15, 0.2) is 18.2 Å². The van der Waals surface area contributed by atoms with Gasteiger partial charge in [-0.2, -0.15) is 0 Å². The number of hydrogen-bond acceptors (Lipinski definition) is 5. The lowest BCUT2D eigenvalue weighted by molar-refractivity contribution is -0.145. The van der Waals surface area contributed by atoms with Crippen LogP contribution in [-0.2, 0) is 20.9 Å². The van der Waals surface area contributed by atoms with Gasteiger partial charge in [0.05, 0.1) is 20.8 Å². The minimum atomic E-state index is -1.14. The Morgan fingerprint density at radius 2 is 1.62 bits per heavy atom. The minimum absolute atomic E-state index is 0.0457. The van der Waals surface area contributed by atoms with E-state index in [9.17, 15) is 14.4 Å². The van der Waals surface area contributed by atoms with E-state index in [1.54, 1.807) is 39.0 Å². The number of carbonyl (C=O) groups excluding carboxylic acids is 2. The molecule has 0 unspecified atom stereocenters. The van der Waals surface area contributed by atoms with E-state index in [-0.39, 0.29) is 19.0 Å². The molecule has 0 atom stereocenters. The molecular formula is C18H26N2O6. The van der Waals surface area contributed by atoms with Crippen LogP contribution in [0.4, 0.5) is 0 Å².